The van der Waals surface area contributed by atoms with Crippen LogP contribution in [0.2, 0.25) is 0 Å². The Labute approximate surface area is 112 Å². The topological polar surface area (TPSA) is 32.3 Å². The molecule has 0 amide bonds. The van der Waals surface area contributed by atoms with Crippen molar-refractivity contribution in [1.82, 2.24) is 5.32 Å². The summed E-state index contributed by atoms with van der Waals surface area (Å²) in [5.41, 5.74) is 0.528. The maximum atomic E-state index is 13.2. The Balaban J connectivity index is 1.96. The zero-order valence-corrected chi connectivity index (χ0v) is 11.4. The first-order chi connectivity index (χ1) is 9.02. The van der Waals surface area contributed by atoms with Gasteiger partial charge in [-0.3, -0.25) is 0 Å². The van der Waals surface area contributed by atoms with E-state index in [4.69, 9.17) is 5.11 Å². The highest BCUT2D eigenvalue weighted by Crippen LogP contribution is 2.34. The van der Waals surface area contributed by atoms with Crippen LogP contribution in [0.3, 0.4) is 0 Å². The predicted octanol–water partition coefficient (Wildman–Crippen LogP) is 3.58. The molecule has 19 heavy (non-hydrogen) atoms. The summed E-state index contributed by atoms with van der Waals surface area (Å²) in [6.07, 6.45) is 3.51. The van der Waals surface area contributed by atoms with Crippen LogP contribution in [-0.4, -0.2) is 11.1 Å². The quantitative estimate of drug-likeness (QED) is 0.875. The van der Waals surface area contributed by atoms with Crippen molar-refractivity contribution in [2.75, 3.05) is 0 Å². The first kappa shape index (κ1) is 14.3. The van der Waals surface area contributed by atoms with Crippen LogP contribution in [0.15, 0.2) is 12.1 Å². The van der Waals surface area contributed by atoms with Gasteiger partial charge in [-0.2, -0.15) is 0 Å². The predicted molar refractivity (Wildman–Crippen MR) is 70.8 cm³/mol. The smallest absolute Gasteiger partial charge is 0.187 e. The van der Waals surface area contributed by atoms with Gasteiger partial charge in [0.05, 0.1) is 0 Å². The van der Waals surface area contributed by atoms with Crippen molar-refractivity contribution in [3.63, 3.8) is 0 Å². The van der Waals surface area contributed by atoms with Gasteiger partial charge in [0.1, 0.15) is 0 Å². The first-order valence-corrected chi connectivity index (χ1v) is 6.93. The van der Waals surface area contributed by atoms with Gasteiger partial charge >= 0.3 is 0 Å². The van der Waals surface area contributed by atoms with Gasteiger partial charge in [0.2, 0.25) is 0 Å². The van der Waals surface area contributed by atoms with E-state index in [1.54, 1.807) is 0 Å². The molecule has 2 nitrogen and oxygen atoms in total. The molecule has 0 heterocycles. The van der Waals surface area contributed by atoms with E-state index < -0.39 is 17.4 Å². The van der Waals surface area contributed by atoms with Crippen molar-refractivity contribution in [3.05, 3.63) is 29.3 Å². The van der Waals surface area contributed by atoms with E-state index in [1.165, 1.54) is 25.0 Å². The highest BCUT2D eigenvalue weighted by atomic mass is 19.1. The maximum Gasteiger partial charge on any atom is 0.187 e. The molecule has 4 heteroatoms. The van der Waals surface area contributed by atoms with E-state index in [0.717, 1.165) is 12.3 Å². The summed E-state index contributed by atoms with van der Waals surface area (Å²) in [5.74, 6) is -1.36. The molecule has 0 bridgehead atoms. The van der Waals surface area contributed by atoms with Crippen molar-refractivity contribution in [3.8, 4) is 5.75 Å². The van der Waals surface area contributed by atoms with E-state index in [1.807, 2.05) is 0 Å². The molecule has 1 aliphatic rings. The lowest BCUT2D eigenvalue weighted by Crippen LogP contribution is -2.32. The minimum atomic E-state index is -0.900. The molecular formula is C15H21F2NO. The van der Waals surface area contributed by atoms with E-state index in [-0.39, 0.29) is 0 Å². The van der Waals surface area contributed by atoms with Crippen LogP contribution in [0.5, 0.6) is 5.75 Å². The lowest BCUT2D eigenvalue weighted by molar-refractivity contribution is 0.343. The van der Waals surface area contributed by atoms with E-state index in [9.17, 15) is 8.78 Å². The molecule has 106 valence electrons. The third-order valence-electron chi connectivity index (χ3n) is 4.40. The fourth-order valence-electron chi connectivity index (χ4n) is 3.08. The Kier molecular flexibility index (Phi) is 4.40. The molecule has 0 aliphatic heterocycles. The molecule has 1 fully saturated rings. The van der Waals surface area contributed by atoms with E-state index >= 15 is 0 Å². The summed E-state index contributed by atoms with van der Waals surface area (Å²) in [7, 11) is 0. The van der Waals surface area contributed by atoms with Crippen LogP contribution in [0.4, 0.5) is 8.78 Å². The Morgan fingerprint density at radius 3 is 2.42 bits per heavy atom. The highest BCUT2D eigenvalue weighted by Gasteiger charge is 2.30. The lowest BCUT2D eigenvalue weighted by Gasteiger charge is -2.21. The third-order valence-corrected chi connectivity index (χ3v) is 4.40. The third kappa shape index (κ3) is 3.06. The fourth-order valence-corrected chi connectivity index (χ4v) is 3.08. The van der Waals surface area contributed by atoms with Crippen LogP contribution in [0, 0.1) is 23.5 Å². The maximum absolute atomic E-state index is 13.2. The zero-order chi connectivity index (χ0) is 14.0. The molecule has 1 saturated carbocycles. The zero-order valence-electron chi connectivity index (χ0n) is 11.4. The van der Waals surface area contributed by atoms with Crippen LogP contribution >= 0.6 is 0 Å². The molecular weight excluding hydrogens is 248 g/mol. The van der Waals surface area contributed by atoms with Gasteiger partial charge in [-0.1, -0.05) is 20.3 Å². The van der Waals surface area contributed by atoms with Gasteiger partial charge in [0, 0.05) is 12.6 Å². The first-order valence-electron chi connectivity index (χ1n) is 6.93. The molecule has 0 aromatic heterocycles. The average Bonchev–Trinajstić information content (AvgIpc) is 2.74. The monoisotopic (exact) mass is 269 g/mol. The molecule has 3 unspecified atom stereocenters. The van der Waals surface area contributed by atoms with Crippen LogP contribution in [0.25, 0.3) is 0 Å². The summed E-state index contributed by atoms with van der Waals surface area (Å²) in [6, 6.07) is 2.77. The van der Waals surface area contributed by atoms with Crippen molar-refractivity contribution in [2.45, 2.75) is 45.7 Å². The molecule has 0 radical (unpaired) electrons. The molecule has 1 aromatic carbocycles. The summed E-state index contributed by atoms with van der Waals surface area (Å²) in [4.78, 5) is 0. The lowest BCUT2D eigenvalue weighted by atomic mass is 9.93. The average molecular weight is 269 g/mol. The van der Waals surface area contributed by atoms with E-state index in [2.05, 4.69) is 19.2 Å². The normalized spacial score (nSPS) is 26.8. The van der Waals surface area contributed by atoms with Crippen molar-refractivity contribution in [1.29, 1.82) is 0 Å². The number of aromatic hydroxyl groups is 1. The second-order valence-corrected chi connectivity index (χ2v) is 5.50. The number of phenols is 1. The van der Waals surface area contributed by atoms with Crippen molar-refractivity contribution >= 4 is 0 Å². The largest absolute Gasteiger partial charge is 0.503 e. The standard InChI is InChI=1S/C15H21F2NO/c1-3-11-4-5-14(9(11)2)18-8-10-6-12(16)15(19)13(17)7-10/h6-7,9,11,14,18-19H,3-5,8H2,1-2H3. The second kappa shape index (κ2) is 5.87. The minimum absolute atomic E-state index is 0.407. The Morgan fingerprint density at radius 1 is 1.26 bits per heavy atom. The Bertz CT molecular complexity index is 427. The molecule has 2 rings (SSSR count). The number of phenolic OH excluding ortho intramolecular Hbond substituents is 1. The van der Waals surface area contributed by atoms with Gasteiger partial charge in [-0.05, 0) is 42.4 Å². The van der Waals surface area contributed by atoms with Crippen molar-refractivity contribution < 1.29 is 13.9 Å². The summed E-state index contributed by atoms with van der Waals surface area (Å²) in [5, 5.41) is 12.4. The number of rotatable bonds is 4. The molecule has 1 aliphatic carbocycles. The molecule has 0 spiro atoms. The number of halogens is 2. The van der Waals surface area contributed by atoms with Crippen LogP contribution < -0.4 is 5.32 Å². The molecule has 3 atom stereocenters. The van der Waals surface area contributed by atoms with Crippen molar-refractivity contribution in [2.24, 2.45) is 11.8 Å². The fraction of sp³-hybridized carbons (Fsp3) is 0.600. The van der Waals surface area contributed by atoms with Gasteiger partial charge in [0.15, 0.2) is 17.4 Å². The number of nitrogens with one attached hydrogen (secondary N) is 1. The SMILES string of the molecule is CCC1CCC(NCc2cc(F)c(O)c(F)c2)C1C. The number of hydrogen-bond acceptors (Lipinski definition) is 2. The van der Waals surface area contributed by atoms with Gasteiger partial charge in [-0.25, -0.2) is 8.78 Å². The summed E-state index contributed by atoms with van der Waals surface area (Å²) < 4.78 is 26.4. The number of hydrogen-bond donors (Lipinski definition) is 2. The molecule has 1 aromatic rings. The molecule has 2 N–H and O–H groups in total. The summed E-state index contributed by atoms with van der Waals surface area (Å²) in [6.45, 7) is 4.87. The van der Waals surface area contributed by atoms with Gasteiger partial charge in [0.25, 0.3) is 0 Å². The van der Waals surface area contributed by atoms with Crippen LogP contribution in [0.1, 0.15) is 38.7 Å². The number of benzene rings is 1. The summed E-state index contributed by atoms with van der Waals surface area (Å²) >= 11 is 0. The van der Waals surface area contributed by atoms with Gasteiger partial charge in [-0.15, -0.1) is 0 Å². The van der Waals surface area contributed by atoms with Gasteiger partial charge < -0.3 is 10.4 Å². The second-order valence-electron chi connectivity index (χ2n) is 5.50. The van der Waals surface area contributed by atoms with Crippen LogP contribution in [-0.2, 0) is 6.54 Å². The highest BCUT2D eigenvalue weighted by molar-refractivity contribution is 5.30. The Morgan fingerprint density at radius 2 is 1.89 bits per heavy atom. The Hall–Kier alpha value is -1.16. The van der Waals surface area contributed by atoms with E-state index in [0.29, 0.717) is 24.1 Å². The minimum Gasteiger partial charge on any atom is -0.503 e. The molecule has 0 saturated heterocycles.